The van der Waals surface area contributed by atoms with Crippen LogP contribution in [0.1, 0.15) is 57.8 Å². The normalized spacial score (nSPS) is 11.0. The third-order valence-electron chi connectivity index (χ3n) is 3.39. The maximum atomic E-state index is 12.6. The Kier molecular flexibility index (Phi) is 7.75. The highest BCUT2D eigenvalue weighted by Crippen LogP contribution is 2.14. The highest BCUT2D eigenvalue weighted by Gasteiger charge is 2.20. The summed E-state index contributed by atoms with van der Waals surface area (Å²) in [4.78, 5) is 26.1. The summed E-state index contributed by atoms with van der Waals surface area (Å²) < 4.78 is 5.60. The van der Waals surface area contributed by atoms with Gasteiger partial charge in [0, 0.05) is 17.6 Å². The van der Waals surface area contributed by atoms with Crippen molar-refractivity contribution in [2.75, 3.05) is 19.7 Å². The first-order valence-electron chi connectivity index (χ1n) is 8.60. The van der Waals surface area contributed by atoms with Gasteiger partial charge in [0.05, 0.1) is 13.2 Å². The number of unbranched alkanes of at least 4 members (excludes halogenated alkanes) is 1. The van der Waals surface area contributed by atoms with Crippen molar-refractivity contribution in [3.63, 3.8) is 0 Å². The maximum Gasteiger partial charge on any atom is 0.254 e. The van der Waals surface area contributed by atoms with Crippen LogP contribution in [0.4, 0.5) is 0 Å². The summed E-state index contributed by atoms with van der Waals surface area (Å²) in [7, 11) is 0. The number of benzene rings is 1. The molecule has 5 nitrogen and oxygen atoms in total. The fraction of sp³-hybridized carbons (Fsp3) is 0.579. The summed E-state index contributed by atoms with van der Waals surface area (Å²) in [6.07, 6.45) is 2.09. The van der Waals surface area contributed by atoms with E-state index in [4.69, 9.17) is 4.74 Å². The van der Waals surface area contributed by atoms with Crippen molar-refractivity contribution in [3.05, 3.63) is 29.8 Å². The third kappa shape index (κ3) is 7.02. The summed E-state index contributed by atoms with van der Waals surface area (Å²) in [5.41, 5.74) is 0.250. The summed E-state index contributed by atoms with van der Waals surface area (Å²) in [6, 6.07) is 7.08. The molecule has 0 aliphatic carbocycles. The van der Waals surface area contributed by atoms with Crippen LogP contribution in [0.3, 0.4) is 0 Å². The molecule has 1 N–H and O–H groups in total. The number of rotatable bonds is 8. The molecular formula is C19H30N2O3. The van der Waals surface area contributed by atoms with Gasteiger partial charge < -0.3 is 15.0 Å². The Bertz CT molecular complexity index is 533. The fourth-order valence-electron chi connectivity index (χ4n) is 2.17. The average molecular weight is 334 g/mol. The molecule has 0 bridgehead atoms. The molecule has 0 unspecified atom stereocenters. The molecule has 134 valence electrons. The zero-order chi connectivity index (χ0) is 18.2. The molecule has 0 atom stereocenters. The Labute approximate surface area is 145 Å². The summed E-state index contributed by atoms with van der Waals surface area (Å²) in [6.45, 7) is 10.9. The van der Waals surface area contributed by atoms with E-state index >= 15 is 0 Å². The van der Waals surface area contributed by atoms with Crippen molar-refractivity contribution < 1.29 is 14.3 Å². The zero-order valence-corrected chi connectivity index (χ0v) is 15.5. The van der Waals surface area contributed by atoms with E-state index in [0.29, 0.717) is 18.7 Å². The first-order valence-corrected chi connectivity index (χ1v) is 8.60. The van der Waals surface area contributed by atoms with Gasteiger partial charge in [0.1, 0.15) is 5.75 Å². The van der Waals surface area contributed by atoms with Crippen LogP contribution in [-0.4, -0.2) is 41.9 Å². The Hall–Kier alpha value is -2.04. The second-order valence-corrected chi connectivity index (χ2v) is 6.84. The second kappa shape index (κ2) is 9.30. The summed E-state index contributed by atoms with van der Waals surface area (Å²) >= 11 is 0. The topological polar surface area (TPSA) is 58.6 Å². The molecule has 0 aromatic heterocycles. The van der Waals surface area contributed by atoms with E-state index in [0.717, 1.165) is 18.6 Å². The van der Waals surface area contributed by atoms with E-state index < -0.39 is 0 Å². The number of amides is 2. The van der Waals surface area contributed by atoms with E-state index in [9.17, 15) is 9.59 Å². The van der Waals surface area contributed by atoms with Crippen molar-refractivity contribution in [2.24, 2.45) is 0 Å². The molecule has 1 aromatic carbocycles. The van der Waals surface area contributed by atoms with Crippen LogP contribution >= 0.6 is 0 Å². The van der Waals surface area contributed by atoms with Crippen LogP contribution in [0.25, 0.3) is 0 Å². The molecule has 5 heteroatoms. The molecule has 0 radical (unpaired) electrons. The van der Waals surface area contributed by atoms with Crippen LogP contribution in [0.15, 0.2) is 24.3 Å². The molecule has 1 rings (SSSR count). The van der Waals surface area contributed by atoms with Gasteiger partial charge in [-0.15, -0.1) is 0 Å². The van der Waals surface area contributed by atoms with E-state index in [1.165, 1.54) is 4.90 Å². The van der Waals surface area contributed by atoms with Gasteiger partial charge in [-0.25, -0.2) is 0 Å². The number of hydrogen-bond acceptors (Lipinski definition) is 3. The predicted molar refractivity (Wildman–Crippen MR) is 96.3 cm³/mol. The average Bonchev–Trinajstić information content (AvgIpc) is 2.51. The van der Waals surface area contributed by atoms with Crippen LogP contribution in [0.5, 0.6) is 5.75 Å². The van der Waals surface area contributed by atoms with Crippen molar-refractivity contribution in [3.8, 4) is 5.75 Å². The zero-order valence-electron chi connectivity index (χ0n) is 15.5. The van der Waals surface area contributed by atoms with Gasteiger partial charge in [0.25, 0.3) is 5.91 Å². The minimum absolute atomic E-state index is 0.0569. The lowest BCUT2D eigenvalue weighted by molar-refractivity contribution is -0.123. The monoisotopic (exact) mass is 334 g/mol. The largest absolute Gasteiger partial charge is 0.494 e. The summed E-state index contributed by atoms with van der Waals surface area (Å²) in [5.74, 6) is 0.451. The molecule has 0 aliphatic heterocycles. The molecule has 0 aliphatic rings. The third-order valence-corrected chi connectivity index (χ3v) is 3.39. The smallest absolute Gasteiger partial charge is 0.254 e. The first kappa shape index (κ1) is 20.0. The number of nitrogens with zero attached hydrogens (tertiary/aromatic N) is 1. The summed E-state index contributed by atoms with van der Waals surface area (Å²) in [5, 5.41) is 2.88. The highest BCUT2D eigenvalue weighted by molar-refractivity contribution is 5.96. The van der Waals surface area contributed by atoms with Crippen LogP contribution < -0.4 is 10.1 Å². The molecule has 0 saturated carbocycles. The van der Waals surface area contributed by atoms with Crippen molar-refractivity contribution >= 4 is 11.8 Å². The molecule has 1 aromatic rings. The van der Waals surface area contributed by atoms with Gasteiger partial charge in [-0.3, -0.25) is 9.59 Å². The molecule has 0 spiro atoms. The number of hydrogen-bond donors (Lipinski definition) is 1. The Morgan fingerprint density at radius 1 is 1.12 bits per heavy atom. The predicted octanol–water partition coefficient (Wildman–Crippen LogP) is 3.24. The van der Waals surface area contributed by atoms with Crippen LogP contribution in [-0.2, 0) is 4.79 Å². The van der Waals surface area contributed by atoms with Crippen molar-refractivity contribution in [1.29, 1.82) is 0 Å². The first-order chi connectivity index (χ1) is 11.3. The number of ether oxygens (including phenoxy) is 1. The molecule has 0 heterocycles. The lowest BCUT2D eigenvalue weighted by atomic mass is 10.1. The minimum atomic E-state index is -0.309. The van der Waals surface area contributed by atoms with Gasteiger partial charge in [0.15, 0.2) is 0 Å². The van der Waals surface area contributed by atoms with Crippen LogP contribution in [0.2, 0.25) is 0 Å². The number of likely N-dealkylation sites (N-methyl/N-ethyl adjacent to an activating group) is 1. The number of carbonyl (C=O) groups is 2. The van der Waals surface area contributed by atoms with E-state index in [-0.39, 0.29) is 23.9 Å². The molecule has 0 saturated heterocycles. The maximum absolute atomic E-state index is 12.6. The standard InChI is InChI=1S/C19H30N2O3/c1-6-8-13-24-16-11-9-15(10-12-16)18(23)21(7-2)14-17(22)20-19(3,4)5/h9-12H,6-8,13-14H2,1-5H3,(H,20,22). The van der Waals surface area contributed by atoms with Gasteiger partial charge in [0.2, 0.25) is 5.91 Å². The second-order valence-electron chi connectivity index (χ2n) is 6.84. The lowest BCUT2D eigenvalue weighted by Gasteiger charge is -2.25. The van der Waals surface area contributed by atoms with Gasteiger partial charge >= 0.3 is 0 Å². The van der Waals surface area contributed by atoms with Gasteiger partial charge in [-0.1, -0.05) is 13.3 Å². The SMILES string of the molecule is CCCCOc1ccc(C(=O)N(CC)CC(=O)NC(C)(C)C)cc1. The molecular weight excluding hydrogens is 304 g/mol. The Balaban J connectivity index is 2.66. The Morgan fingerprint density at radius 2 is 1.75 bits per heavy atom. The Morgan fingerprint density at radius 3 is 2.25 bits per heavy atom. The van der Waals surface area contributed by atoms with E-state index in [1.54, 1.807) is 24.3 Å². The van der Waals surface area contributed by atoms with Crippen LogP contribution in [0, 0.1) is 0 Å². The van der Waals surface area contributed by atoms with E-state index in [1.807, 2.05) is 27.7 Å². The van der Waals surface area contributed by atoms with Gasteiger partial charge in [-0.05, 0) is 58.4 Å². The highest BCUT2D eigenvalue weighted by atomic mass is 16.5. The quantitative estimate of drug-likeness (QED) is 0.743. The minimum Gasteiger partial charge on any atom is -0.494 e. The molecule has 0 fully saturated rings. The van der Waals surface area contributed by atoms with Gasteiger partial charge in [-0.2, -0.15) is 0 Å². The fourth-order valence-corrected chi connectivity index (χ4v) is 2.17. The number of nitrogens with one attached hydrogen (secondary N) is 1. The number of carbonyl (C=O) groups excluding carboxylic acids is 2. The molecule has 2 amide bonds. The lowest BCUT2D eigenvalue weighted by Crippen LogP contribution is -2.47. The molecule has 24 heavy (non-hydrogen) atoms. The van der Waals surface area contributed by atoms with Crippen molar-refractivity contribution in [2.45, 2.75) is 53.0 Å². The van der Waals surface area contributed by atoms with E-state index in [2.05, 4.69) is 12.2 Å². The van der Waals surface area contributed by atoms with Crippen molar-refractivity contribution in [1.82, 2.24) is 10.2 Å².